The minimum atomic E-state index is -0.0490. The van der Waals surface area contributed by atoms with Gasteiger partial charge in [0.1, 0.15) is 17.1 Å². The third-order valence-corrected chi connectivity index (χ3v) is 9.18. The third kappa shape index (κ3) is 12.2. The molecule has 4 heteroatoms. The Morgan fingerprint density at radius 2 is 1.36 bits per heavy atom. The Balaban J connectivity index is 0.00000760. The van der Waals surface area contributed by atoms with E-state index >= 15 is 0 Å². The van der Waals surface area contributed by atoms with E-state index in [2.05, 4.69) is 55.4 Å². The summed E-state index contributed by atoms with van der Waals surface area (Å²) in [7, 11) is 0. The van der Waals surface area contributed by atoms with Gasteiger partial charge in [-0.05, 0) is 107 Å². The summed E-state index contributed by atoms with van der Waals surface area (Å²) in [6.45, 7) is 20.2. The molecule has 0 spiro atoms. The van der Waals surface area contributed by atoms with Gasteiger partial charge < -0.3 is 15.2 Å². The standard InChI is InChI=1S/C35H63NO2.ClH/c1-26(2)16-13-17-27(3)18-14-19-28(4)20-15-22-35(8)23-21-32-31(7)33(29(5)30(6)34(32)38-35)37-25-12-10-9-11-24-36;/h26-28H,9-25,36H2,1-8H3;1H/t27-,28-,35-;/m1./s1. The molecule has 1 aromatic carbocycles. The minimum Gasteiger partial charge on any atom is -0.493 e. The van der Waals surface area contributed by atoms with Crippen molar-refractivity contribution in [2.24, 2.45) is 23.5 Å². The molecule has 3 atom stereocenters. The lowest BCUT2D eigenvalue weighted by Gasteiger charge is -2.38. The van der Waals surface area contributed by atoms with Gasteiger partial charge in [0.2, 0.25) is 0 Å². The number of benzene rings is 1. The third-order valence-electron chi connectivity index (χ3n) is 9.18. The molecular formula is C35H64ClNO2. The largest absolute Gasteiger partial charge is 0.493 e. The molecule has 3 nitrogen and oxygen atoms in total. The highest BCUT2D eigenvalue weighted by molar-refractivity contribution is 5.85. The molecule has 0 fully saturated rings. The molecule has 0 amide bonds. The summed E-state index contributed by atoms with van der Waals surface area (Å²) in [5.41, 5.74) is 10.8. The summed E-state index contributed by atoms with van der Waals surface area (Å²) < 4.78 is 13.1. The summed E-state index contributed by atoms with van der Waals surface area (Å²) >= 11 is 0. The number of nitrogens with two attached hydrogens (primary N) is 1. The molecule has 0 saturated heterocycles. The molecule has 1 heterocycles. The first kappa shape index (κ1) is 36.1. The van der Waals surface area contributed by atoms with Crippen LogP contribution in [0.3, 0.4) is 0 Å². The monoisotopic (exact) mass is 565 g/mol. The molecule has 2 rings (SSSR count). The normalized spacial score (nSPS) is 18.3. The predicted octanol–water partition coefficient (Wildman–Crippen LogP) is 10.5. The number of halogens is 1. The fourth-order valence-electron chi connectivity index (χ4n) is 6.25. The molecule has 1 aliphatic heterocycles. The summed E-state index contributed by atoms with van der Waals surface area (Å²) in [6.07, 6.45) is 18.9. The number of fused-ring (bicyclic) bond motifs is 1. The average molecular weight is 566 g/mol. The van der Waals surface area contributed by atoms with Crippen molar-refractivity contribution >= 4 is 12.4 Å². The van der Waals surface area contributed by atoms with E-state index in [0.29, 0.717) is 0 Å². The lowest BCUT2D eigenvalue weighted by atomic mass is 9.83. The zero-order valence-electron chi connectivity index (χ0n) is 27.1. The molecule has 1 aliphatic rings. The van der Waals surface area contributed by atoms with E-state index in [1.54, 1.807) is 0 Å². The van der Waals surface area contributed by atoms with Gasteiger partial charge in [-0.3, -0.25) is 0 Å². The van der Waals surface area contributed by atoms with Crippen LogP contribution in [0.25, 0.3) is 0 Å². The second-order valence-electron chi connectivity index (χ2n) is 13.5. The fourth-order valence-corrected chi connectivity index (χ4v) is 6.25. The SMILES string of the molecule is Cc1c(C)c2c(c(C)c1OCCCCCCN)CC[C@@](C)(CCC[C@H](C)CCC[C@H](C)CCCC(C)C)O2.Cl. The van der Waals surface area contributed by atoms with Crippen molar-refractivity contribution in [3.63, 3.8) is 0 Å². The highest BCUT2D eigenvalue weighted by Crippen LogP contribution is 2.45. The Bertz CT molecular complexity index is 824. The lowest BCUT2D eigenvalue weighted by Crippen LogP contribution is -2.37. The Morgan fingerprint density at radius 3 is 1.97 bits per heavy atom. The quantitative estimate of drug-likeness (QED) is 0.170. The Kier molecular flexibility index (Phi) is 17.1. The van der Waals surface area contributed by atoms with Crippen LogP contribution in [0.1, 0.15) is 147 Å². The Morgan fingerprint density at radius 1 is 0.769 bits per heavy atom. The van der Waals surface area contributed by atoms with E-state index in [1.807, 2.05) is 0 Å². The molecule has 2 N–H and O–H groups in total. The molecular weight excluding hydrogens is 502 g/mol. The molecule has 39 heavy (non-hydrogen) atoms. The van der Waals surface area contributed by atoms with Crippen LogP contribution in [0, 0.1) is 38.5 Å². The van der Waals surface area contributed by atoms with Crippen molar-refractivity contribution in [1.82, 2.24) is 0 Å². The molecule has 0 aliphatic carbocycles. The van der Waals surface area contributed by atoms with E-state index in [9.17, 15) is 0 Å². The van der Waals surface area contributed by atoms with Gasteiger partial charge in [0, 0.05) is 5.56 Å². The zero-order chi connectivity index (χ0) is 28.1. The number of unbranched alkanes of at least 4 members (excludes halogenated alkanes) is 3. The molecule has 0 radical (unpaired) electrons. The van der Waals surface area contributed by atoms with Gasteiger partial charge in [0.15, 0.2) is 0 Å². The topological polar surface area (TPSA) is 44.5 Å². The van der Waals surface area contributed by atoms with Crippen LogP contribution in [0.5, 0.6) is 11.5 Å². The van der Waals surface area contributed by atoms with E-state index in [4.69, 9.17) is 15.2 Å². The maximum absolute atomic E-state index is 6.82. The van der Waals surface area contributed by atoms with Crippen LogP contribution in [-0.4, -0.2) is 18.8 Å². The van der Waals surface area contributed by atoms with E-state index in [0.717, 1.165) is 74.5 Å². The van der Waals surface area contributed by atoms with Crippen molar-refractivity contribution < 1.29 is 9.47 Å². The fraction of sp³-hybridized carbons (Fsp3) is 0.829. The second kappa shape index (κ2) is 18.5. The molecule has 1 aromatic rings. The summed E-state index contributed by atoms with van der Waals surface area (Å²) in [4.78, 5) is 0. The highest BCUT2D eigenvalue weighted by Gasteiger charge is 2.34. The van der Waals surface area contributed by atoms with Crippen molar-refractivity contribution in [2.45, 2.75) is 157 Å². The first-order chi connectivity index (χ1) is 18.1. The number of ether oxygens (including phenoxy) is 2. The van der Waals surface area contributed by atoms with Gasteiger partial charge in [-0.2, -0.15) is 0 Å². The van der Waals surface area contributed by atoms with Gasteiger partial charge in [0.05, 0.1) is 6.61 Å². The zero-order valence-corrected chi connectivity index (χ0v) is 27.9. The first-order valence-corrected chi connectivity index (χ1v) is 16.2. The molecule has 0 bridgehead atoms. The van der Waals surface area contributed by atoms with Crippen molar-refractivity contribution in [2.75, 3.05) is 13.2 Å². The lowest BCUT2D eigenvalue weighted by molar-refractivity contribution is 0.0511. The first-order valence-electron chi connectivity index (χ1n) is 16.2. The van der Waals surface area contributed by atoms with Crippen LogP contribution < -0.4 is 15.2 Å². The van der Waals surface area contributed by atoms with E-state index in [-0.39, 0.29) is 18.0 Å². The molecule has 228 valence electrons. The number of hydrogen-bond donors (Lipinski definition) is 1. The number of rotatable bonds is 19. The van der Waals surface area contributed by atoms with Crippen LogP contribution in [0.15, 0.2) is 0 Å². The van der Waals surface area contributed by atoms with E-state index < -0.39 is 0 Å². The van der Waals surface area contributed by atoms with E-state index in [1.165, 1.54) is 86.5 Å². The summed E-state index contributed by atoms with van der Waals surface area (Å²) in [5, 5.41) is 0. The molecule has 0 saturated carbocycles. The average Bonchev–Trinajstić information content (AvgIpc) is 2.86. The van der Waals surface area contributed by atoms with Gasteiger partial charge >= 0.3 is 0 Å². The van der Waals surface area contributed by atoms with Crippen LogP contribution >= 0.6 is 12.4 Å². The van der Waals surface area contributed by atoms with Crippen molar-refractivity contribution in [3.8, 4) is 11.5 Å². The van der Waals surface area contributed by atoms with Gasteiger partial charge in [-0.25, -0.2) is 0 Å². The second-order valence-corrected chi connectivity index (χ2v) is 13.5. The van der Waals surface area contributed by atoms with Gasteiger partial charge in [-0.15, -0.1) is 12.4 Å². The Labute approximate surface area is 249 Å². The van der Waals surface area contributed by atoms with Crippen molar-refractivity contribution in [1.29, 1.82) is 0 Å². The maximum atomic E-state index is 6.82. The maximum Gasteiger partial charge on any atom is 0.127 e. The van der Waals surface area contributed by atoms with Gasteiger partial charge in [-0.1, -0.05) is 85.5 Å². The minimum absolute atomic E-state index is 0. The summed E-state index contributed by atoms with van der Waals surface area (Å²) in [5.74, 6) is 4.79. The summed E-state index contributed by atoms with van der Waals surface area (Å²) in [6, 6.07) is 0. The van der Waals surface area contributed by atoms with Gasteiger partial charge in [0.25, 0.3) is 0 Å². The van der Waals surface area contributed by atoms with Crippen LogP contribution in [0.2, 0.25) is 0 Å². The predicted molar refractivity (Wildman–Crippen MR) is 173 cm³/mol. The molecule has 0 unspecified atom stereocenters. The Hall–Kier alpha value is -0.930. The van der Waals surface area contributed by atoms with Crippen LogP contribution in [-0.2, 0) is 6.42 Å². The van der Waals surface area contributed by atoms with Crippen molar-refractivity contribution in [3.05, 3.63) is 22.3 Å². The number of hydrogen-bond acceptors (Lipinski definition) is 3. The molecule has 0 aromatic heterocycles. The smallest absolute Gasteiger partial charge is 0.127 e. The highest BCUT2D eigenvalue weighted by atomic mass is 35.5. The van der Waals surface area contributed by atoms with Crippen LogP contribution in [0.4, 0.5) is 0 Å².